The van der Waals surface area contributed by atoms with Gasteiger partial charge in [-0.25, -0.2) is 0 Å². The number of pyridine rings is 1. The average Bonchev–Trinajstić information content (AvgIpc) is 2.67. The first kappa shape index (κ1) is 18.3. The first-order chi connectivity index (χ1) is 12.9. The van der Waals surface area contributed by atoms with Gasteiger partial charge in [0.25, 0.3) is 5.56 Å². The first-order valence-corrected chi connectivity index (χ1v) is 8.12. The number of ether oxygens (including phenoxy) is 3. The van der Waals surface area contributed by atoms with Gasteiger partial charge in [-0.3, -0.25) is 9.59 Å². The highest BCUT2D eigenvalue weighted by molar-refractivity contribution is 6.14. The molecular formula is C20H19NO6. The molecule has 140 valence electrons. The number of H-pyrrole nitrogens is 1. The van der Waals surface area contributed by atoms with Crippen LogP contribution in [0.4, 0.5) is 0 Å². The molecular weight excluding hydrogens is 350 g/mol. The molecule has 0 radical (unpaired) electrons. The number of aromatic amines is 1. The van der Waals surface area contributed by atoms with E-state index in [9.17, 15) is 14.7 Å². The van der Waals surface area contributed by atoms with Crippen LogP contribution in [-0.2, 0) is 0 Å². The van der Waals surface area contributed by atoms with E-state index in [4.69, 9.17) is 14.2 Å². The van der Waals surface area contributed by atoms with E-state index in [2.05, 4.69) is 4.98 Å². The fourth-order valence-electron chi connectivity index (χ4n) is 3.02. The molecule has 7 nitrogen and oxygen atoms in total. The summed E-state index contributed by atoms with van der Waals surface area (Å²) < 4.78 is 15.8. The van der Waals surface area contributed by atoms with Crippen molar-refractivity contribution in [3.8, 4) is 23.0 Å². The van der Waals surface area contributed by atoms with Crippen molar-refractivity contribution in [2.45, 2.75) is 6.92 Å². The Balaban J connectivity index is 2.27. The molecule has 7 heteroatoms. The molecule has 1 aromatic heterocycles. The molecule has 0 saturated carbocycles. The average molecular weight is 369 g/mol. The maximum atomic E-state index is 13.1. The van der Waals surface area contributed by atoms with Crippen molar-refractivity contribution in [1.29, 1.82) is 0 Å². The maximum absolute atomic E-state index is 13.1. The van der Waals surface area contributed by atoms with Crippen molar-refractivity contribution in [3.05, 3.63) is 57.4 Å². The van der Waals surface area contributed by atoms with Crippen LogP contribution < -0.4 is 19.8 Å². The molecule has 1 heterocycles. The number of hydrogen-bond acceptors (Lipinski definition) is 6. The number of aryl methyl sites for hydroxylation is 1. The number of hydrogen-bond donors (Lipinski definition) is 2. The summed E-state index contributed by atoms with van der Waals surface area (Å²) in [6.45, 7) is 1.85. The van der Waals surface area contributed by atoms with Crippen LogP contribution in [0, 0.1) is 6.92 Å². The second kappa shape index (κ2) is 7.03. The summed E-state index contributed by atoms with van der Waals surface area (Å²) in [5, 5.41) is 11.0. The minimum Gasteiger partial charge on any atom is -0.506 e. The highest BCUT2D eigenvalue weighted by Crippen LogP contribution is 2.41. The van der Waals surface area contributed by atoms with Gasteiger partial charge in [0.2, 0.25) is 11.5 Å². The molecule has 2 N–H and O–H groups in total. The molecule has 0 saturated heterocycles. The van der Waals surface area contributed by atoms with E-state index in [0.29, 0.717) is 16.7 Å². The summed E-state index contributed by atoms with van der Waals surface area (Å²) in [6, 6.07) is 8.17. The number of aromatic nitrogens is 1. The molecule has 0 aliphatic rings. The van der Waals surface area contributed by atoms with Gasteiger partial charge in [0, 0.05) is 5.39 Å². The SMILES string of the molecule is COc1ccc(C(=O)c2c(O)c3cc(C)ccc3[nH]c2=O)c(OC)c1OC. The topological polar surface area (TPSA) is 97.9 Å². The fourth-order valence-corrected chi connectivity index (χ4v) is 3.02. The minimum absolute atomic E-state index is 0.0722. The second-order valence-electron chi connectivity index (χ2n) is 5.94. The molecule has 27 heavy (non-hydrogen) atoms. The number of benzene rings is 2. The van der Waals surface area contributed by atoms with Crippen LogP contribution in [0.25, 0.3) is 10.9 Å². The molecule has 2 aromatic carbocycles. The summed E-state index contributed by atoms with van der Waals surface area (Å²) >= 11 is 0. The van der Waals surface area contributed by atoms with E-state index in [0.717, 1.165) is 5.56 Å². The summed E-state index contributed by atoms with van der Waals surface area (Å²) in [5.41, 5.74) is 0.345. The van der Waals surface area contributed by atoms with Crippen molar-refractivity contribution in [2.24, 2.45) is 0 Å². The lowest BCUT2D eigenvalue weighted by atomic mass is 9.99. The van der Waals surface area contributed by atoms with Crippen molar-refractivity contribution in [3.63, 3.8) is 0 Å². The predicted molar refractivity (Wildman–Crippen MR) is 101 cm³/mol. The quantitative estimate of drug-likeness (QED) is 0.671. The number of ketones is 1. The van der Waals surface area contributed by atoms with Gasteiger partial charge in [-0.05, 0) is 31.2 Å². The van der Waals surface area contributed by atoms with Gasteiger partial charge < -0.3 is 24.3 Å². The molecule has 0 spiro atoms. The van der Waals surface area contributed by atoms with Crippen LogP contribution in [-0.4, -0.2) is 37.2 Å². The Morgan fingerprint density at radius 2 is 1.70 bits per heavy atom. The number of aromatic hydroxyl groups is 1. The lowest BCUT2D eigenvalue weighted by Crippen LogP contribution is -2.19. The number of methoxy groups -OCH3 is 3. The zero-order chi connectivity index (χ0) is 19.7. The van der Waals surface area contributed by atoms with Crippen molar-refractivity contribution < 1.29 is 24.1 Å². The normalized spacial score (nSPS) is 10.7. The Morgan fingerprint density at radius 1 is 1.00 bits per heavy atom. The summed E-state index contributed by atoms with van der Waals surface area (Å²) in [7, 11) is 4.25. The third-order valence-corrected chi connectivity index (χ3v) is 4.32. The molecule has 3 rings (SSSR count). The number of fused-ring (bicyclic) bond motifs is 1. The van der Waals surface area contributed by atoms with Crippen LogP contribution in [0.1, 0.15) is 21.5 Å². The van der Waals surface area contributed by atoms with Gasteiger partial charge in [0.15, 0.2) is 11.5 Å². The zero-order valence-corrected chi connectivity index (χ0v) is 15.4. The Labute approximate surface area is 155 Å². The monoisotopic (exact) mass is 369 g/mol. The Hall–Kier alpha value is -3.48. The van der Waals surface area contributed by atoms with E-state index in [1.807, 2.05) is 6.92 Å². The Morgan fingerprint density at radius 3 is 2.33 bits per heavy atom. The minimum atomic E-state index is -0.689. The molecule has 0 aliphatic heterocycles. The van der Waals surface area contributed by atoms with Crippen LogP contribution in [0.5, 0.6) is 23.0 Å². The van der Waals surface area contributed by atoms with Gasteiger partial charge in [-0.15, -0.1) is 0 Å². The summed E-state index contributed by atoms with van der Waals surface area (Å²) in [5.74, 6) is -0.351. The standard InChI is InChI=1S/C20H19NO6/c1-10-5-7-13-12(9-10)17(23)15(20(24)21-13)16(22)11-6-8-14(25-2)19(27-4)18(11)26-3/h5-9H,1-4H3,(H2,21,23,24). The van der Waals surface area contributed by atoms with Crippen LogP contribution >= 0.6 is 0 Å². The fraction of sp³-hybridized carbons (Fsp3) is 0.200. The van der Waals surface area contributed by atoms with E-state index < -0.39 is 11.3 Å². The van der Waals surface area contributed by atoms with E-state index in [-0.39, 0.29) is 28.4 Å². The number of carbonyl (C=O) groups is 1. The van der Waals surface area contributed by atoms with Crippen molar-refractivity contribution in [2.75, 3.05) is 21.3 Å². The third kappa shape index (κ3) is 2.97. The Kier molecular flexibility index (Phi) is 4.77. The van der Waals surface area contributed by atoms with Crippen LogP contribution in [0.2, 0.25) is 0 Å². The van der Waals surface area contributed by atoms with Gasteiger partial charge in [-0.2, -0.15) is 0 Å². The van der Waals surface area contributed by atoms with Gasteiger partial charge in [0.1, 0.15) is 11.3 Å². The molecule has 0 fully saturated rings. The first-order valence-electron chi connectivity index (χ1n) is 8.12. The van der Waals surface area contributed by atoms with Crippen LogP contribution in [0.15, 0.2) is 35.1 Å². The van der Waals surface area contributed by atoms with E-state index in [1.54, 1.807) is 18.2 Å². The van der Waals surface area contributed by atoms with Crippen molar-refractivity contribution >= 4 is 16.7 Å². The summed E-state index contributed by atoms with van der Waals surface area (Å²) in [4.78, 5) is 28.2. The molecule has 0 unspecified atom stereocenters. The maximum Gasteiger partial charge on any atom is 0.263 e. The highest BCUT2D eigenvalue weighted by Gasteiger charge is 2.26. The predicted octanol–water partition coefficient (Wildman–Crippen LogP) is 2.80. The second-order valence-corrected chi connectivity index (χ2v) is 5.94. The molecule has 0 bridgehead atoms. The summed E-state index contributed by atoms with van der Waals surface area (Å²) in [6.07, 6.45) is 0. The molecule has 0 atom stereocenters. The molecule has 0 aliphatic carbocycles. The Bertz CT molecular complexity index is 1100. The van der Waals surface area contributed by atoms with E-state index >= 15 is 0 Å². The molecule has 3 aromatic rings. The number of nitrogens with one attached hydrogen (secondary N) is 1. The smallest absolute Gasteiger partial charge is 0.263 e. The molecule has 0 amide bonds. The third-order valence-electron chi connectivity index (χ3n) is 4.32. The van der Waals surface area contributed by atoms with E-state index in [1.165, 1.54) is 33.5 Å². The van der Waals surface area contributed by atoms with Crippen LogP contribution in [0.3, 0.4) is 0 Å². The number of carbonyl (C=O) groups excluding carboxylic acids is 1. The zero-order valence-electron chi connectivity index (χ0n) is 15.4. The van der Waals surface area contributed by atoms with Gasteiger partial charge >= 0.3 is 0 Å². The largest absolute Gasteiger partial charge is 0.506 e. The highest BCUT2D eigenvalue weighted by atomic mass is 16.5. The lowest BCUT2D eigenvalue weighted by molar-refractivity contribution is 0.103. The van der Waals surface area contributed by atoms with Crippen molar-refractivity contribution in [1.82, 2.24) is 4.98 Å². The number of rotatable bonds is 5. The van der Waals surface area contributed by atoms with Gasteiger partial charge in [0.05, 0.1) is 32.4 Å². The van der Waals surface area contributed by atoms with Gasteiger partial charge in [-0.1, -0.05) is 11.6 Å². The lowest BCUT2D eigenvalue weighted by Gasteiger charge is -2.15.